The fourth-order valence-corrected chi connectivity index (χ4v) is 3.18. The predicted molar refractivity (Wildman–Crippen MR) is 85.9 cm³/mol. The average Bonchev–Trinajstić information content (AvgIpc) is 2.54. The molecule has 134 valence electrons. The van der Waals surface area contributed by atoms with Gasteiger partial charge in [0.05, 0.1) is 6.61 Å². The number of hydrogen-bond donors (Lipinski definition) is 4. The molecule has 24 heavy (non-hydrogen) atoms. The molecule has 1 fully saturated rings. The summed E-state index contributed by atoms with van der Waals surface area (Å²) in [5.74, 6) is -0.451. The van der Waals surface area contributed by atoms with E-state index in [0.717, 1.165) is 11.8 Å². The van der Waals surface area contributed by atoms with E-state index in [0.29, 0.717) is 0 Å². The number of rotatable bonds is 4. The fourth-order valence-electron chi connectivity index (χ4n) is 2.49. The van der Waals surface area contributed by atoms with Crippen LogP contribution in [0, 0.1) is 0 Å². The van der Waals surface area contributed by atoms with Crippen LogP contribution in [0.25, 0.3) is 0 Å². The zero-order valence-corrected chi connectivity index (χ0v) is 14.5. The monoisotopic (exact) mass is 379 g/mol. The van der Waals surface area contributed by atoms with Crippen LogP contribution in [0.4, 0.5) is 0 Å². The molecule has 2 heterocycles. The van der Waals surface area contributed by atoms with Gasteiger partial charge in [-0.15, -0.1) is 0 Å². The molecule has 1 aliphatic heterocycles. The van der Waals surface area contributed by atoms with Crippen LogP contribution in [0.3, 0.4) is 0 Å². The van der Waals surface area contributed by atoms with Gasteiger partial charge in [0.1, 0.15) is 29.4 Å². The molecule has 0 spiro atoms. The minimum Gasteiger partial charge on any atom is -0.394 e. The van der Waals surface area contributed by atoms with Gasteiger partial charge in [-0.1, -0.05) is 23.4 Å². The smallest absolute Gasteiger partial charge is 0.292 e. The summed E-state index contributed by atoms with van der Waals surface area (Å²) in [4.78, 5) is 26.9. The van der Waals surface area contributed by atoms with E-state index in [4.69, 9.17) is 16.3 Å². The Hall–Kier alpha value is -1.17. The number of halogens is 1. The molecule has 0 radical (unpaired) electrons. The SMILES string of the molecule is CSc1nc(=O)c(Cl)cn1[C@@H]1O[C@H](CO)[C@@H](O)[C@H](O)[C@H]1NC(C)=O. The topological polar surface area (TPSA) is 134 Å². The summed E-state index contributed by atoms with van der Waals surface area (Å²) in [5.41, 5.74) is -0.622. The Bertz CT molecular complexity index is 672. The highest BCUT2D eigenvalue weighted by Crippen LogP contribution is 2.31. The summed E-state index contributed by atoms with van der Waals surface area (Å²) >= 11 is 6.98. The summed E-state index contributed by atoms with van der Waals surface area (Å²) in [6, 6.07) is -1.04. The molecule has 4 N–H and O–H groups in total. The number of ether oxygens (including phenoxy) is 1. The lowest BCUT2D eigenvalue weighted by atomic mass is 9.96. The number of aromatic nitrogens is 2. The highest BCUT2D eigenvalue weighted by Gasteiger charge is 2.46. The number of nitrogens with one attached hydrogen (secondary N) is 1. The molecule has 1 aromatic heterocycles. The van der Waals surface area contributed by atoms with Gasteiger partial charge in [-0.2, -0.15) is 4.98 Å². The van der Waals surface area contributed by atoms with Crippen molar-refractivity contribution >= 4 is 29.3 Å². The summed E-state index contributed by atoms with van der Waals surface area (Å²) in [7, 11) is 0. The van der Waals surface area contributed by atoms with Crippen LogP contribution in [-0.2, 0) is 9.53 Å². The largest absolute Gasteiger partial charge is 0.394 e. The Kier molecular flexibility index (Phi) is 6.23. The molecule has 1 amide bonds. The highest BCUT2D eigenvalue weighted by molar-refractivity contribution is 7.98. The lowest BCUT2D eigenvalue weighted by molar-refractivity contribution is -0.218. The zero-order valence-electron chi connectivity index (χ0n) is 12.9. The van der Waals surface area contributed by atoms with E-state index in [1.165, 1.54) is 17.7 Å². The van der Waals surface area contributed by atoms with E-state index in [9.17, 15) is 24.9 Å². The quantitative estimate of drug-likeness (QED) is 0.376. The van der Waals surface area contributed by atoms with Crippen molar-refractivity contribution < 1.29 is 24.9 Å². The second kappa shape index (κ2) is 7.81. The predicted octanol–water partition coefficient (Wildman–Crippen LogP) is -1.27. The van der Waals surface area contributed by atoms with Crippen LogP contribution in [0.2, 0.25) is 5.02 Å². The van der Waals surface area contributed by atoms with Crippen molar-refractivity contribution in [3.8, 4) is 0 Å². The van der Waals surface area contributed by atoms with Gasteiger partial charge in [0, 0.05) is 13.1 Å². The Labute approximate surface area is 146 Å². The van der Waals surface area contributed by atoms with Gasteiger partial charge in [0.15, 0.2) is 11.4 Å². The third-order valence-corrected chi connectivity index (χ3v) is 4.53. The molecule has 9 nitrogen and oxygen atoms in total. The molecule has 11 heteroatoms. The van der Waals surface area contributed by atoms with E-state index in [2.05, 4.69) is 10.3 Å². The molecule has 0 saturated carbocycles. The van der Waals surface area contributed by atoms with Gasteiger partial charge >= 0.3 is 0 Å². The Morgan fingerprint density at radius 3 is 2.71 bits per heavy atom. The summed E-state index contributed by atoms with van der Waals surface area (Å²) in [6.07, 6.45) is -1.96. The molecule has 0 bridgehead atoms. The highest BCUT2D eigenvalue weighted by atomic mass is 35.5. The van der Waals surface area contributed by atoms with Gasteiger partial charge in [0.25, 0.3) is 5.56 Å². The van der Waals surface area contributed by atoms with Crippen LogP contribution in [0.15, 0.2) is 16.1 Å². The van der Waals surface area contributed by atoms with Crippen LogP contribution in [0.1, 0.15) is 13.2 Å². The van der Waals surface area contributed by atoms with Gasteiger partial charge < -0.3 is 25.4 Å². The Morgan fingerprint density at radius 1 is 1.50 bits per heavy atom. The molecule has 1 saturated heterocycles. The van der Waals surface area contributed by atoms with Crippen molar-refractivity contribution in [2.75, 3.05) is 12.9 Å². The zero-order chi connectivity index (χ0) is 18.0. The van der Waals surface area contributed by atoms with Crippen molar-refractivity contribution in [1.29, 1.82) is 0 Å². The molecule has 0 aliphatic carbocycles. The molecule has 2 rings (SSSR count). The Balaban J connectivity index is 2.52. The lowest BCUT2D eigenvalue weighted by Gasteiger charge is -2.43. The number of aliphatic hydroxyl groups is 3. The van der Waals surface area contributed by atoms with Crippen LogP contribution < -0.4 is 10.9 Å². The number of carbonyl (C=O) groups is 1. The second-order valence-electron chi connectivity index (χ2n) is 5.24. The van der Waals surface area contributed by atoms with Gasteiger partial charge in [-0.3, -0.25) is 14.2 Å². The van der Waals surface area contributed by atoms with E-state index < -0.39 is 48.7 Å². The van der Waals surface area contributed by atoms with Crippen molar-refractivity contribution in [2.24, 2.45) is 0 Å². The van der Waals surface area contributed by atoms with E-state index in [1.54, 1.807) is 6.26 Å². The van der Waals surface area contributed by atoms with Gasteiger partial charge in [-0.05, 0) is 6.26 Å². The van der Waals surface area contributed by atoms with Crippen molar-refractivity contribution in [2.45, 2.75) is 42.7 Å². The third kappa shape index (κ3) is 3.73. The number of aliphatic hydroxyl groups excluding tert-OH is 3. The average molecular weight is 380 g/mol. The maximum Gasteiger partial charge on any atom is 0.292 e. The minimum atomic E-state index is -1.40. The maximum atomic E-state index is 11.6. The molecular weight excluding hydrogens is 362 g/mol. The van der Waals surface area contributed by atoms with E-state index in [-0.39, 0.29) is 10.2 Å². The second-order valence-corrected chi connectivity index (χ2v) is 6.42. The van der Waals surface area contributed by atoms with Crippen LogP contribution >= 0.6 is 23.4 Å². The van der Waals surface area contributed by atoms with Crippen molar-refractivity contribution in [3.63, 3.8) is 0 Å². The first kappa shape index (κ1) is 19.2. The lowest BCUT2D eigenvalue weighted by Crippen LogP contribution is -2.62. The first-order valence-electron chi connectivity index (χ1n) is 7.02. The first-order valence-corrected chi connectivity index (χ1v) is 8.62. The molecule has 5 atom stereocenters. The molecule has 1 aliphatic rings. The molecule has 1 aromatic rings. The molecule has 0 aromatic carbocycles. The first-order chi connectivity index (χ1) is 11.3. The number of amides is 1. The van der Waals surface area contributed by atoms with Gasteiger partial charge in [0.2, 0.25) is 5.91 Å². The van der Waals surface area contributed by atoms with E-state index in [1.807, 2.05) is 0 Å². The fraction of sp³-hybridized carbons (Fsp3) is 0.615. The minimum absolute atomic E-state index is 0.167. The number of carbonyl (C=O) groups excluding carboxylic acids is 1. The van der Waals surface area contributed by atoms with Crippen molar-refractivity contribution in [1.82, 2.24) is 14.9 Å². The summed E-state index contributed by atoms with van der Waals surface area (Å²) in [5, 5.41) is 32.3. The third-order valence-electron chi connectivity index (χ3n) is 3.60. The molecule has 0 unspecified atom stereocenters. The number of thioether (sulfide) groups is 1. The summed E-state index contributed by atoms with van der Waals surface area (Å²) < 4.78 is 7.01. The van der Waals surface area contributed by atoms with Crippen LogP contribution in [0.5, 0.6) is 0 Å². The number of hydrogen-bond acceptors (Lipinski definition) is 8. The van der Waals surface area contributed by atoms with Gasteiger partial charge in [-0.25, -0.2) is 0 Å². The molecular formula is C13H18ClN3O6S. The maximum absolute atomic E-state index is 11.6. The normalized spacial score (nSPS) is 30.2. The summed E-state index contributed by atoms with van der Waals surface area (Å²) in [6.45, 7) is 0.706. The number of nitrogens with zero attached hydrogens (tertiary/aromatic N) is 2. The standard InChI is InChI=1S/C13H18ClN3O6S/c1-5(19)15-8-10(21)9(20)7(4-18)23-12(8)17-3-6(14)11(22)16-13(17)24-2/h3,7-10,12,18,20-21H,4H2,1-2H3,(H,15,19)/t7-,8-,9-,10-,12-/m1/s1. The Morgan fingerprint density at radius 2 is 2.17 bits per heavy atom. The van der Waals surface area contributed by atoms with Crippen LogP contribution in [-0.4, -0.2) is 68.0 Å². The van der Waals surface area contributed by atoms with Crippen molar-refractivity contribution in [3.05, 3.63) is 21.6 Å². The van der Waals surface area contributed by atoms with E-state index >= 15 is 0 Å².